The van der Waals surface area contributed by atoms with Crippen LogP contribution in [0, 0.1) is 0 Å². The highest BCUT2D eigenvalue weighted by Gasteiger charge is 2.19. The molecular weight excluding hydrogens is 416 g/mol. The van der Waals surface area contributed by atoms with Crippen molar-refractivity contribution >= 4 is 32.2 Å². The van der Waals surface area contributed by atoms with Crippen molar-refractivity contribution in [3.63, 3.8) is 0 Å². The molecule has 0 atom stereocenters. The first kappa shape index (κ1) is 19.3. The molecule has 2 heterocycles. The number of aromatic nitrogens is 4. The molecule has 5 rings (SSSR count). The summed E-state index contributed by atoms with van der Waals surface area (Å²) in [5.41, 5.74) is 3.10. The van der Waals surface area contributed by atoms with E-state index in [1.54, 1.807) is 16.7 Å². The predicted octanol–water partition coefficient (Wildman–Crippen LogP) is 3.02. The van der Waals surface area contributed by atoms with E-state index in [0.29, 0.717) is 22.4 Å². The van der Waals surface area contributed by atoms with Crippen molar-refractivity contribution in [1.82, 2.24) is 19.1 Å². The normalized spacial score (nSPS) is 12.0. The molecule has 0 bridgehead atoms. The van der Waals surface area contributed by atoms with Gasteiger partial charge in [0, 0.05) is 0 Å². The van der Waals surface area contributed by atoms with Gasteiger partial charge in [-0.05, 0) is 35.9 Å². The van der Waals surface area contributed by atoms with Gasteiger partial charge in [-0.2, -0.15) is 8.42 Å². The SMILES string of the molecule is O=c1n(Cc2nc3ccccc3[nH]2)c2ccccc2n1Cc1ccccc1S(=O)(=O)O. The monoisotopic (exact) mass is 434 g/mol. The lowest BCUT2D eigenvalue weighted by atomic mass is 10.2. The minimum atomic E-state index is -4.41. The maximum Gasteiger partial charge on any atom is 0.329 e. The van der Waals surface area contributed by atoms with E-state index >= 15 is 0 Å². The number of para-hydroxylation sites is 4. The Morgan fingerprint density at radius 1 is 0.839 bits per heavy atom. The Labute approximate surface area is 177 Å². The van der Waals surface area contributed by atoms with Crippen LogP contribution in [-0.4, -0.2) is 32.1 Å². The Kier molecular flexibility index (Phi) is 4.49. The van der Waals surface area contributed by atoms with Crippen LogP contribution in [0.3, 0.4) is 0 Å². The zero-order valence-corrected chi connectivity index (χ0v) is 17.1. The average molecular weight is 434 g/mol. The quantitative estimate of drug-likeness (QED) is 0.413. The lowest BCUT2D eigenvalue weighted by molar-refractivity contribution is 0.481. The van der Waals surface area contributed by atoms with Crippen molar-refractivity contribution in [1.29, 1.82) is 0 Å². The number of imidazole rings is 2. The lowest BCUT2D eigenvalue weighted by Gasteiger charge is -2.08. The molecule has 8 nitrogen and oxygen atoms in total. The second-order valence-corrected chi connectivity index (χ2v) is 8.62. The van der Waals surface area contributed by atoms with E-state index in [1.165, 1.54) is 16.7 Å². The first-order valence-electron chi connectivity index (χ1n) is 9.59. The van der Waals surface area contributed by atoms with Gasteiger partial charge in [-0.25, -0.2) is 9.78 Å². The van der Waals surface area contributed by atoms with Crippen LogP contribution in [0.1, 0.15) is 11.4 Å². The summed E-state index contributed by atoms with van der Waals surface area (Å²) >= 11 is 0. The minimum Gasteiger partial charge on any atom is -0.340 e. The fourth-order valence-electron chi connectivity index (χ4n) is 3.86. The number of hydrogen-bond acceptors (Lipinski definition) is 4. The van der Waals surface area contributed by atoms with Gasteiger partial charge in [0.1, 0.15) is 5.82 Å². The highest BCUT2D eigenvalue weighted by Crippen LogP contribution is 2.20. The summed E-state index contributed by atoms with van der Waals surface area (Å²) in [6.07, 6.45) is 0. The van der Waals surface area contributed by atoms with E-state index < -0.39 is 10.1 Å². The van der Waals surface area contributed by atoms with Crippen LogP contribution >= 0.6 is 0 Å². The fraction of sp³-hybridized carbons (Fsp3) is 0.0909. The van der Waals surface area contributed by atoms with Gasteiger partial charge in [0.2, 0.25) is 0 Å². The van der Waals surface area contributed by atoms with E-state index in [2.05, 4.69) is 9.97 Å². The average Bonchev–Trinajstić information content (AvgIpc) is 3.28. The summed E-state index contributed by atoms with van der Waals surface area (Å²) in [7, 11) is -4.41. The van der Waals surface area contributed by atoms with Crippen molar-refractivity contribution in [2.45, 2.75) is 18.0 Å². The number of rotatable bonds is 5. The maximum absolute atomic E-state index is 13.3. The van der Waals surface area contributed by atoms with E-state index in [1.807, 2.05) is 48.5 Å². The Morgan fingerprint density at radius 2 is 1.45 bits per heavy atom. The maximum atomic E-state index is 13.3. The minimum absolute atomic E-state index is 0.00242. The summed E-state index contributed by atoms with van der Waals surface area (Å²) in [4.78, 5) is 20.9. The van der Waals surface area contributed by atoms with Gasteiger partial charge in [-0.1, -0.05) is 42.5 Å². The molecule has 2 N–H and O–H groups in total. The molecule has 2 aromatic heterocycles. The molecule has 0 amide bonds. The largest absolute Gasteiger partial charge is 0.340 e. The van der Waals surface area contributed by atoms with Crippen LogP contribution in [0.4, 0.5) is 0 Å². The van der Waals surface area contributed by atoms with Gasteiger partial charge in [0.25, 0.3) is 10.1 Å². The molecule has 9 heteroatoms. The van der Waals surface area contributed by atoms with Crippen LogP contribution in [0.15, 0.2) is 82.5 Å². The number of nitrogens with one attached hydrogen (secondary N) is 1. The van der Waals surface area contributed by atoms with Gasteiger partial charge < -0.3 is 4.98 Å². The molecule has 3 aromatic carbocycles. The van der Waals surface area contributed by atoms with Crippen LogP contribution < -0.4 is 5.69 Å². The zero-order chi connectivity index (χ0) is 21.6. The van der Waals surface area contributed by atoms with Crippen LogP contribution in [-0.2, 0) is 23.2 Å². The summed E-state index contributed by atoms with van der Waals surface area (Å²) in [5.74, 6) is 0.643. The summed E-state index contributed by atoms with van der Waals surface area (Å²) in [5, 5.41) is 0. The van der Waals surface area contributed by atoms with Crippen LogP contribution in [0.2, 0.25) is 0 Å². The van der Waals surface area contributed by atoms with Crippen LogP contribution in [0.25, 0.3) is 22.1 Å². The van der Waals surface area contributed by atoms with Crippen molar-refractivity contribution in [3.8, 4) is 0 Å². The second kappa shape index (κ2) is 7.22. The predicted molar refractivity (Wildman–Crippen MR) is 117 cm³/mol. The molecule has 0 spiro atoms. The molecule has 0 aliphatic rings. The number of aromatic amines is 1. The number of nitrogens with zero attached hydrogens (tertiary/aromatic N) is 3. The fourth-order valence-corrected chi connectivity index (χ4v) is 4.58. The summed E-state index contributed by atoms with van der Waals surface area (Å²) < 4.78 is 36.2. The van der Waals surface area contributed by atoms with E-state index in [-0.39, 0.29) is 23.7 Å². The molecule has 31 heavy (non-hydrogen) atoms. The van der Waals surface area contributed by atoms with Gasteiger partial charge in [-0.15, -0.1) is 0 Å². The molecule has 156 valence electrons. The molecule has 0 saturated carbocycles. The van der Waals surface area contributed by atoms with E-state index in [0.717, 1.165) is 11.0 Å². The molecule has 0 unspecified atom stereocenters. The number of H-pyrrole nitrogens is 1. The molecule has 0 aliphatic carbocycles. The third-order valence-corrected chi connectivity index (χ3v) is 6.20. The molecule has 0 fully saturated rings. The third kappa shape index (κ3) is 3.43. The van der Waals surface area contributed by atoms with Crippen molar-refractivity contribution in [2.75, 3.05) is 0 Å². The van der Waals surface area contributed by atoms with Gasteiger partial charge >= 0.3 is 5.69 Å². The molecular formula is C22H18N4O4S. The molecule has 5 aromatic rings. The Balaban J connectivity index is 1.63. The Hall–Kier alpha value is -3.69. The van der Waals surface area contributed by atoms with Crippen molar-refractivity contribution in [2.24, 2.45) is 0 Å². The Morgan fingerprint density at radius 3 is 2.16 bits per heavy atom. The van der Waals surface area contributed by atoms with Crippen molar-refractivity contribution < 1.29 is 13.0 Å². The smallest absolute Gasteiger partial charge is 0.329 e. The molecule has 0 aliphatic heterocycles. The number of hydrogen-bond donors (Lipinski definition) is 2. The molecule has 0 saturated heterocycles. The second-order valence-electron chi connectivity index (χ2n) is 7.23. The standard InChI is InChI=1S/C22H18N4O4S/c27-22-25(13-15-7-1-6-12-20(15)31(28,29)30)18-10-4-5-11-19(18)26(22)14-21-23-16-8-2-3-9-17(16)24-21/h1-12H,13-14H2,(H,23,24)(H,28,29,30). The van der Waals surface area contributed by atoms with Gasteiger partial charge in [0.15, 0.2) is 0 Å². The Bertz CT molecular complexity index is 1560. The van der Waals surface area contributed by atoms with Gasteiger partial charge in [-0.3, -0.25) is 13.7 Å². The van der Waals surface area contributed by atoms with Crippen LogP contribution in [0.5, 0.6) is 0 Å². The van der Waals surface area contributed by atoms with Crippen molar-refractivity contribution in [3.05, 3.63) is 94.7 Å². The zero-order valence-electron chi connectivity index (χ0n) is 16.3. The highest BCUT2D eigenvalue weighted by atomic mass is 32.2. The first-order chi connectivity index (χ1) is 14.9. The third-order valence-electron chi connectivity index (χ3n) is 5.25. The molecule has 0 radical (unpaired) electrons. The topological polar surface area (TPSA) is 110 Å². The highest BCUT2D eigenvalue weighted by molar-refractivity contribution is 7.85. The van der Waals surface area contributed by atoms with Gasteiger partial charge in [0.05, 0.1) is 40.1 Å². The van der Waals surface area contributed by atoms with E-state index in [9.17, 15) is 17.8 Å². The number of benzene rings is 3. The lowest BCUT2D eigenvalue weighted by Crippen LogP contribution is -2.26. The first-order valence-corrected chi connectivity index (χ1v) is 11.0. The summed E-state index contributed by atoms with van der Waals surface area (Å²) in [6, 6.07) is 21.0. The number of fused-ring (bicyclic) bond motifs is 2. The summed E-state index contributed by atoms with van der Waals surface area (Å²) in [6.45, 7) is 0.239. The van der Waals surface area contributed by atoms with E-state index in [4.69, 9.17) is 0 Å².